The minimum atomic E-state index is -0.372. The van der Waals surface area contributed by atoms with Crippen molar-refractivity contribution in [3.8, 4) is 11.8 Å². The topological polar surface area (TPSA) is 29.5 Å². The molecular formula is C30H37NO2. The molecule has 4 aliphatic rings. The largest absolute Gasteiger partial charge is 0.378 e. The van der Waals surface area contributed by atoms with Gasteiger partial charge in [0.25, 0.3) is 0 Å². The Morgan fingerprint density at radius 3 is 2.52 bits per heavy atom. The Kier molecular flexibility index (Phi) is 5.57. The van der Waals surface area contributed by atoms with Crippen molar-refractivity contribution in [2.45, 2.75) is 70.3 Å². The number of hydrogen-bond acceptors (Lipinski definition) is 3. The molecule has 0 bridgehead atoms. The summed E-state index contributed by atoms with van der Waals surface area (Å²) in [5.41, 5.74) is 6.72. The molecule has 0 amide bonds. The number of benzene rings is 1. The fourth-order valence-electron chi connectivity index (χ4n) is 7.75. The van der Waals surface area contributed by atoms with Crippen LogP contribution in [0.25, 0.3) is 0 Å². The number of fused-ring (bicyclic) bond motifs is 4. The van der Waals surface area contributed by atoms with Gasteiger partial charge in [-0.15, -0.1) is 5.92 Å². The molecule has 0 aliphatic heterocycles. The van der Waals surface area contributed by atoms with Gasteiger partial charge in [-0.25, -0.2) is 0 Å². The minimum Gasteiger partial charge on any atom is -0.378 e. The number of ether oxygens (including phenoxy) is 1. The highest BCUT2D eigenvalue weighted by Gasteiger charge is 2.63. The van der Waals surface area contributed by atoms with Crippen molar-refractivity contribution in [2.75, 3.05) is 26.1 Å². The molecule has 174 valence electrons. The fourth-order valence-corrected chi connectivity index (χ4v) is 7.75. The molecule has 33 heavy (non-hydrogen) atoms. The quantitative estimate of drug-likeness (QED) is 0.532. The van der Waals surface area contributed by atoms with Crippen molar-refractivity contribution in [1.29, 1.82) is 0 Å². The number of anilines is 1. The first-order chi connectivity index (χ1) is 15.8. The Bertz CT molecular complexity index is 1080. The van der Waals surface area contributed by atoms with Crippen LogP contribution in [0.15, 0.2) is 47.1 Å². The van der Waals surface area contributed by atoms with E-state index in [0.29, 0.717) is 30.0 Å². The fraction of sp³-hybridized carbons (Fsp3) is 0.567. The van der Waals surface area contributed by atoms with E-state index in [1.807, 2.05) is 20.1 Å². The summed E-state index contributed by atoms with van der Waals surface area (Å²) in [5, 5.41) is 0. The maximum Gasteiger partial charge on any atom is 0.156 e. The van der Waals surface area contributed by atoms with E-state index in [1.165, 1.54) is 28.8 Å². The van der Waals surface area contributed by atoms with Gasteiger partial charge in [-0.05, 0) is 92.2 Å². The van der Waals surface area contributed by atoms with Crippen molar-refractivity contribution in [3.63, 3.8) is 0 Å². The Labute approximate surface area is 199 Å². The average Bonchev–Trinajstić information content (AvgIpc) is 3.10. The number of ketones is 1. The molecule has 0 unspecified atom stereocenters. The van der Waals surface area contributed by atoms with Gasteiger partial charge in [0.15, 0.2) is 5.78 Å². The van der Waals surface area contributed by atoms with Crippen LogP contribution in [0.5, 0.6) is 0 Å². The summed E-state index contributed by atoms with van der Waals surface area (Å²) in [4.78, 5) is 14.4. The summed E-state index contributed by atoms with van der Waals surface area (Å²) in [6, 6.07) is 9.15. The molecule has 3 nitrogen and oxygen atoms in total. The number of hydrogen-bond donors (Lipinski definition) is 0. The Balaban J connectivity index is 1.68. The van der Waals surface area contributed by atoms with Crippen LogP contribution < -0.4 is 4.90 Å². The van der Waals surface area contributed by atoms with Crippen molar-refractivity contribution >= 4 is 11.5 Å². The zero-order valence-electron chi connectivity index (χ0n) is 20.8. The van der Waals surface area contributed by atoms with E-state index in [0.717, 1.165) is 32.1 Å². The van der Waals surface area contributed by atoms with Gasteiger partial charge in [-0.1, -0.05) is 30.6 Å². The van der Waals surface area contributed by atoms with Crippen molar-refractivity contribution in [3.05, 3.63) is 52.6 Å². The molecule has 4 aliphatic carbocycles. The van der Waals surface area contributed by atoms with Gasteiger partial charge in [0, 0.05) is 44.6 Å². The summed E-state index contributed by atoms with van der Waals surface area (Å²) < 4.78 is 6.29. The molecule has 3 heteroatoms. The molecule has 1 aromatic rings. The Hall–Kier alpha value is -2.31. The molecule has 0 radical (unpaired) electrons. The standard InChI is InChI=1S/C30H37NO2/c1-6-16-30(33-5)17-15-27-25-13-9-21-18-23(32)12-14-24(21)28(25)26(19-29(27,30)2)20-7-10-22(11-8-20)31(3)4/h7-8,10-11,18,25-27H,9,12-15,17,19H2,1-5H3/t25-,26+,27-,29-,30-/m0/s1. The maximum absolute atomic E-state index is 12.2. The monoisotopic (exact) mass is 443 g/mol. The van der Waals surface area contributed by atoms with Crippen molar-refractivity contribution in [2.24, 2.45) is 17.3 Å². The van der Waals surface area contributed by atoms with Crippen LogP contribution in [-0.4, -0.2) is 32.6 Å². The Morgan fingerprint density at radius 2 is 1.85 bits per heavy atom. The van der Waals surface area contributed by atoms with Gasteiger partial charge in [0.05, 0.1) is 0 Å². The molecule has 0 saturated heterocycles. The summed E-state index contributed by atoms with van der Waals surface area (Å²) >= 11 is 0. The van der Waals surface area contributed by atoms with E-state index in [-0.39, 0.29) is 11.0 Å². The van der Waals surface area contributed by atoms with Crippen LogP contribution in [0.1, 0.15) is 70.3 Å². The van der Waals surface area contributed by atoms with Crippen LogP contribution in [0.3, 0.4) is 0 Å². The highest BCUT2D eigenvalue weighted by Crippen LogP contribution is 2.67. The van der Waals surface area contributed by atoms with E-state index < -0.39 is 0 Å². The Morgan fingerprint density at radius 1 is 1.09 bits per heavy atom. The van der Waals surface area contributed by atoms with Crippen LogP contribution >= 0.6 is 0 Å². The number of nitrogens with zero attached hydrogens (tertiary/aromatic N) is 1. The average molecular weight is 444 g/mol. The van der Waals surface area contributed by atoms with E-state index in [2.05, 4.69) is 62.0 Å². The van der Waals surface area contributed by atoms with Gasteiger partial charge in [0.1, 0.15) is 5.60 Å². The third-order valence-corrected chi connectivity index (χ3v) is 9.34. The normalized spacial score (nSPS) is 35.1. The molecular weight excluding hydrogens is 406 g/mol. The van der Waals surface area contributed by atoms with Crippen LogP contribution in [0.2, 0.25) is 0 Å². The van der Waals surface area contributed by atoms with Crippen LogP contribution in [0.4, 0.5) is 5.69 Å². The second-order valence-electron chi connectivity index (χ2n) is 10.9. The lowest BCUT2D eigenvalue weighted by Crippen LogP contribution is -2.52. The third kappa shape index (κ3) is 3.33. The first kappa shape index (κ1) is 22.5. The number of carbonyl (C=O) groups excluding carboxylic acids is 1. The first-order valence-corrected chi connectivity index (χ1v) is 12.6. The maximum atomic E-state index is 12.2. The lowest BCUT2D eigenvalue weighted by atomic mass is 9.51. The highest BCUT2D eigenvalue weighted by atomic mass is 16.5. The van der Waals surface area contributed by atoms with Crippen molar-refractivity contribution in [1.82, 2.24) is 0 Å². The number of allylic oxidation sites excluding steroid dienone is 4. The number of carbonyl (C=O) groups is 1. The minimum absolute atomic E-state index is 0.01000. The van der Waals surface area contributed by atoms with E-state index >= 15 is 0 Å². The summed E-state index contributed by atoms with van der Waals surface area (Å²) in [6.45, 7) is 4.40. The van der Waals surface area contributed by atoms with Crippen molar-refractivity contribution < 1.29 is 9.53 Å². The third-order valence-electron chi connectivity index (χ3n) is 9.34. The predicted octanol–water partition coefficient (Wildman–Crippen LogP) is 6.06. The molecule has 0 N–H and O–H groups in total. The highest BCUT2D eigenvalue weighted by molar-refractivity contribution is 5.93. The lowest BCUT2D eigenvalue weighted by Gasteiger charge is -2.54. The molecule has 0 spiro atoms. The molecule has 2 fully saturated rings. The smallest absolute Gasteiger partial charge is 0.156 e. The summed E-state index contributed by atoms with van der Waals surface area (Å²) in [5.74, 6) is 8.56. The number of methoxy groups -OCH3 is 1. The van der Waals surface area contributed by atoms with E-state index in [9.17, 15) is 4.79 Å². The van der Waals surface area contributed by atoms with Crippen LogP contribution in [-0.2, 0) is 9.53 Å². The second kappa shape index (κ2) is 8.17. The van der Waals surface area contributed by atoms with Gasteiger partial charge in [-0.2, -0.15) is 0 Å². The van der Waals surface area contributed by atoms with Crippen LogP contribution in [0, 0.1) is 29.1 Å². The van der Waals surface area contributed by atoms with Gasteiger partial charge < -0.3 is 9.64 Å². The molecule has 5 atom stereocenters. The van der Waals surface area contributed by atoms with Gasteiger partial charge in [-0.3, -0.25) is 4.79 Å². The predicted molar refractivity (Wildman–Crippen MR) is 134 cm³/mol. The van der Waals surface area contributed by atoms with E-state index in [1.54, 1.807) is 5.57 Å². The summed E-state index contributed by atoms with van der Waals surface area (Å²) in [7, 11) is 6.04. The first-order valence-electron chi connectivity index (χ1n) is 12.6. The second-order valence-corrected chi connectivity index (χ2v) is 10.9. The summed E-state index contributed by atoms with van der Waals surface area (Å²) in [6.07, 6.45) is 8.94. The van der Waals surface area contributed by atoms with E-state index in [4.69, 9.17) is 4.74 Å². The lowest BCUT2D eigenvalue weighted by molar-refractivity contribution is -0.114. The molecule has 0 heterocycles. The molecule has 0 aromatic heterocycles. The zero-order valence-corrected chi connectivity index (χ0v) is 20.8. The zero-order chi connectivity index (χ0) is 23.4. The molecule has 2 saturated carbocycles. The molecule has 1 aromatic carbocycles. The van der Waals surface area contributed by atoms with Gasteiger partial charge >= 0.3 is 0 Å². The van der Waals surface area contributed by atoms with Gasteiger partial charge in [0.2, 0.25) is 0 Å². The molecule has 5 rings (SSSR count). The SMILES string of the molecule is CC#C[C@]1(OC)CC[C@H]2[C@@H]3CCC4=CC(=O)CCC4=C3[C@@H](c3ccc(N(C)C)cc3)C[C@@]21C. The number of rotatable bonds is 3.